The van der Waals surface area contributed by atoms with Gasteiger partial charge in [0.2, 0.25) is 0 Å². The molecule has 66 valence electrons. The summed E-state index contributed by atoms with van der Waals surface area (Å²) >= 11 is 0. The Morgan fingerprint density at radius 3 is 2.50 bits per heavy atom. The van der Waals surface area contributed by atoms with E-state index in [1.807, 2.05) is 0 Å². The van der Waals surface area contributed by atoms with Gasteiger partial charge in [-0.1, -0.05) is 0 Å². The van der Waals surface area contributed by atoms with Gasteiger partial charge in [0.05, 0.1) is 11.5 Å². The summed E-state index contributed by atoms with van der Waals surface area (Å²) in [7, 11) is 0. The SMILES string of the molecule is N#CC1(CC2CCOCC2)CC1. The molecule has 0 aromatic heterocycles. The molecule has 0 aromatic carbocycles. The fourth-order valence-corrected chi connectivity index (χ4v) is 2.02. The summed E-state index contributed by atoms with van der Waals surface area (Å²) in [5.41, 5.74) is 0.0992. The number of ether oxygens (including phenoxy) is 1. The van der Waals surface area contributed by atoms with Gasteiger partial charge in [-0.15, -0.1) is 0 Å². The average Bonchev–Trinajstić information content (AvgIpc) is 2.88. The first kappa shape index (κ1) is 8.07. The van der Waals surface area contributed by atoms with E-state index >= 15 is 0 Å². The van der Waals surface area contributed by atoms with Crippen molar-refractivity contribution in [2.24, 2.45) is 11.3 Å². The fraction of sp³-hybridized carbons (Fsp3) is 0.900. The van der Waals surface area contributed by atoms with Gasteiger partial charge in [0.25, 0.3) is 0 Å². The number of nitriles is 1. The molecule has 0 unspecified atom stereocenters. The highest BCUT2D eigenvalue weighted by Crippen LogP contribution is 2.51. The zero-order valence-electron chi connectivity index (χ0n) is 7.38. The van der Waals surface area contributed by atoms with E-state index in [0.29, 0.717) is 0 Å². The third kappa shape index (κ3) is 1.61. The molecule has 1 aliphatic carbocycles. The van der Waals surface area contributed by atoms with Crippen LogP contribution in [0.5, 0.6) is 0 Å². The summed E-state index contributed by atoms with van der Waals surface area (Å²) in [5.74, 6) is 0.765. The summed E-state index contributed by atoms with van der Waals surface area (Å²) in [6.07, 6.45) is 5.75. The second-order valence-corrected chi connectivity index (χ2v) is 4.15. The van der Waals surface area contributed by atoms with Crippen molar-refractivity contribution >= 4 is 0 Å². The summed E-state index contributed by atoms with van der Waals surface area (Å²) in [4.78, 5) is 0. The highest BCUT2D eigenvalue weighted by atomic mass is 16.5. The van der Waals surface area contributed by atoms with E-state index < -0.39 is 0 Å². The second-order valence-electron chi connectivity index (χ2n) is 4.15. The highest BCUT2D eigenvalue weighted by molar-refractivity contribution is 5.10. The van der Waals surface area contributed by atoms with Crippen molar-refractivity contribution in [1.82, 2.24) is 0 Å². The maximum Gasteiger partial charge on any atom is 0.0689 e. The van der Waals surface area contributed by atoms with Gasteiger partial charge in [0.15, 0.2) is 0 Å². The number of hydrogen-bond donors (Lipinski definition) is 0. The lowest BCUT2D eigenvalue weighted by molar-refractivity contribution is 0.0597. The summed E-state index contributed by atoms with van der Waals surface area (Å²) in [6, 6.07) is 2.46. The van der Waals surface area contributed by atoms with Crippen LogP contribution in [0.2, 0.25) is 0 Å². The van der Waals surface area contributed by atoms with Crippen LogP contribution in [-0.4, -0.2) is 13.2 Å². The minimum absolute atomic E-state index is 0.0992. The third-order valence-corrected chi connectivity index (χ3v) is 3.11. The molecule has 12 heavy (non-hydrogen) atoms. The predicted octanol–water partition coefficient (Wildman–Crippen LogP) is 2.11. The molecule has 0 radical (unpaired) electrons. The van der Waals surface area contributed by atoms with Crippen LogP contribution in [-0.2, 0) is 4.74 Å². The molecule has 1 saturated carbocycles. The summed E-state index contributed by atoms with van der Waals surface area (Å²) < 4.78 is 5.29. The standard InChI is InChI=1S/C10H15NO/c11-8-10(3-4-10)7-9-1-5-12-6-2-9/h9H,1-7H2. The van der Waals surface area contributed by atoms with E-state index in [1.54, 1.807) is 0 Å². The third-order valence-electron chi connectivity index (χ3n) is 3.11. The molecule has 2 heteroatoms. The molecule has 1 saturated heterocycles. The zero-order valence-corrected chi connectivity index (χ0v) is 7.38. The van der Waals surface area contributed by atoms with Gasteiger partial charge in [0, 0.05) is 13.2 Å². The number of rotatable bonds is 2. The van der Waals surface area contributed by atoms with Crippen LogP contribution in [0.1, 0.15) is 32.1 Å². The maximum absolute atomic E-state index is 8.91. The van der Waals surface area contributed by atoms with Crippen molar-refractivity contribution in [2.45, 2.75) is 32.1 Å². The van der Waals surface area contributed by atoms with Gasteiger partial charge in [0.1, 0.15) is 0 Å². The largest absolute Gasteiger partial charge is 0.381 e. The Morgan fingerprint density at radius 1 is 1.33 bits per heavy atom. The van der Waals surface area contributed by atoms with Crippen LogP contribution in [0.15, 0.2) is 0 Å². The average molecular weight is 165 g/mol. The molecule has 2 aliphatic rings. The van der Waals surface area contributed by atoms with Crippen molar-refractivity contribution in [3.05, 3.63) is 0 Å². The molecule has 1 aliphatic heterocycles. The number of hydrogen-bond acceptors (Lipinski definition) is 2. The Labute approximate surface area is 73.5 Å². The predicted molar refractivity (Wildman–Crippen MR) is 45.4 cm³/mol. The van der Waals surface area contributed by atoms with Crippen molar-refractivity contribution in [1.29, 1.82) is 5.26 Å². The molecule has 0 atom stereocenters. The normalized spacial score (nSPS) is 27.9. The smallest absolute Gasteiger partial charge is 0.0689 e. The molecule has 2 fully saturated rings. The van der Waals surface area contributed by atoms with Crippen molar-refractivity contribution in [3.63, 3.8) is 0 Å². The molecule has 0 aromatic rings. The second kappa shape index (κ2) is 3.06. The Balaban J connectivity index is 1.82. The molecule has 2 nitrogen and oxygen atoms in total. The Hall–Kier alpha value is -0.550. The Bertz CT molecular complexity index is 196. The molecular formula is C10H15NO. The summed E-state index contributed by atoms with van der Waals surface area (Å²) in [6.45, 7) is 1.82. The van der Waals surface area contributed by atoms with Crippen molar-refractivity contribution in [2.75, 3.05) is 13.2 Å². The van der Waals surface area contributed by atoms with Crippen LogP contribution in [0, 0.1) is 22.7 Å². The van der Waals surface area contributed by atoms with Gasteiger partial charge in [-0.05, 0) is 38.0 Å². The molecule has 0 spiro atoms. The first-order valence-electron chi connectivity index (χ1n) is 4.84. The zero-order chi connectivity index (χ0) is 8.44. The lowest BCUT2D eigenvalue weighted by Gasteiger charge is -2.23. The van der Waals surface area contributed by atoms with Crippen LogP contribution >= 0.6 is 0 Å². The van der Waals surface area contributed by atoms with Crippen molar-refractivity contribution < 1.29 is 4.74 Å². The molecule has 0 amide bonds. The highest BCUT2D eigenvalue weighted by Gasteiger charge is 2.44. The molecule has 0 N–H and O–H groups in total. The Kier molecular flexibility index (Phi) is 2.06. The van der Waals surface area contributed by atoms with E-state index in [-0.39, 0.29) is 5.41 Å². The van der Waals surface area contributed by atoms with Gasteiger partial charge in [-0.2, -0.15) is 5.26 Å². The molecule has 0 bridgehead atoms. The monoisotopic (exact) mass is 165 g/mol. The molecule has 1 heterocycles. The minimum atomic E-state index is 0.0992. The fourth-order valence-electron chi connectivity index (χ4n) is 2.02. The van der Waals surface area contributed by atoms with Crippen LogP contribution in [0.3, 0.4) is 0 Å². The van der Waals surface area contributed by atoms with Crippen LogP contribution < -0.4 is 0 Å². The quantitative estimate of drug-likeness (QED) is 0.627. The lowest BCUT2D eigenvalue weighted by Crippen LogP contribution is -2.18. The molecule has 2 rings (SSSR count). The van der Waals surface area contributed by atoms with E-state index in [1.165, 1.54) is 12.8 Å². The van der Waals surface area contributed by atoms with Gasteiger partial charge < -0.3 is 4.74 Å². The topological polar surface area (TPSA) is 33.0 Å². The Morgan fingerprint density at radius 2 is 2.00 bits per heavy atom. The minimum Gasteiger partial charge on any atom is -0.381 e. The van der Waals surface area contributed by atoms with Gasteiger partial charge >= 0.3 is 0 Å². The first-order valence-corrected chi connectivity index (χ1v) is 4.84. The van der Waals surface area contributed by atoms with E-state index in [0.717, 1.165) is 38.4 Å². The molecular weight excluding hydrogens is 150 g/mol. The summed E-state index contributed by atoms with van der Waals surface area (Å²) in [5, 5.41) is 8.91. The van der Waals surface area contributed by atoms with E-state index in [2.05, 4.69) is 6.07 Å². The van der Waals surface area contributed by atoms with Crippen LogP contribution in [0.25, 0.3) is 0 Å². The lowest BCUT2D eigenvalue weighted by atomic mass is 9.88. The van der Waals surface area contributed by atoms with Crippen LogP contribution in [0.4, 0.5) is 0 Å². The van der Waals surface area contributed by atoms with Crippen molar-refractivity contribution in [3.8, 4) is 6.07 Å². The maximum atomic E-state index is 8.91. The van der Waals surface area contributed by atoms with E-state index in [4.69, 9.17) is 10.00 Å². The van der Waals surface area contributed by atoms with Gasteiger partial charge in [-0.3, -0.25) is 0 Å². The van der Waals surface area contributed by atoms with Gasteiger partial charge in [-0.25, -0.2) is 0 Å². The number of nitrogens with zero attached hydrogens (tertiary/aromatic N) is 1. The van der Waals surface area contributed by atoms with E-state index in [9.17, 15) is 0 Å². The first-order chi connectivity index (χ1) is 5.85.